The molecule has 1 saturated heterocycles. The molecule has 5 heteroatoms. The van der Waals surface area contributed by atoms with Gasteiger partial charge < -0.3 is 4.90 Å². The molecule has 1 aliphatic heterocycles. The Kier molecular flexibility index (Phi) is 5.31. The van der Waals surface area contributed by atoms with Crippen molar-refractivity contribution in [3.8, 4) is 0 Å². The van der Waals surface area contributed by atoms with Gasteiger partial charge in [0.1, 0.15) is 5.82 Å². The highest BCUT2D eigenvalue weighted by Crippen LogP contribution is 2.22. The summed E-state index contributed by atoms with van der Waals surface area (Å²) in [5.74, 6) is -0.0452. The normalized spacial score (nSPS) is 18.5. The van der Waals surface area contributed by atoms with Crippen LogP contribution in [0, 0.1) is 5.82 Å². The van der Waals surface area contributed by atoms with Crippen LogP contribution < -0.4 is 0 Å². The molecule has 0 saturated carbocycles. The van der Waals surface area contributed by atoms with E-state index in [2.05, 4.69) is 16.7 Å². The predicted octanol–water partition coefficient (Wildman–Crippen LogP) is 1.59. The van der Waals surface area contributed by atoms with Crippen LogP contribution in [0.5, 0.6) is 0 Å². The minimum Gasteiger partial charge on any atom is -0.348 e. The highest BCUT2D eigenvalue weighted by Gasteiger charge is 2.23. The van der Waals surface area contributed by atoms with Crippen molar-refractivity contribution in [2.24, 2.45) is 0 Å². The molecule has 1 aromatic rings. The number of halogens is 1. The summed E-state index contributed by atoms with van der Waals surface area (Å²) in [7, 11) is 3.56. The monoisotopic (exact) mass is 293 g/mol. The van der Waals surface area contributed by atoms with E-state index in [1.807, 2.05) is 6.07 Å². The Morgan fingerprint density at radius 1 is 1.29 bits per heavy atom. The topological polar surface area (TPSA) is 26.8 Å². The highest BCUT2D eigenvalue weighted by molar-refractivity contribution is 5.77. The molecule has 1 heterocycles. The number of carbonyl (C=O) groups is 1. The number of nitrogens with zero attached hydrogens (tertiary/aromatic N) is 3. The Morgan fingerprint density at radius 3 is 2.52 bits per heavy atom. The number of hydrogen-bond donors (Lipinski definition) is 0. The van der Waals surface area contributed by atoms with Crippen LogP contribution in [0.3, 0.4) is 0 Å². The summed E-state index contributed by atoms with van der Waals surface area (Å²) in [6.45, 7) is 6.14. The van der Waals surface area contributed by atoms with Crippen LogP contribution in [0.25, 0.3) is 0 Å². The van der Waals surface area contributed by atoms with Gasteiger partial charge in [0.25, 0.3) is 0 Å². The quantitative estimate of drug-likeness (QED) is 0.843. The fraction of sp³-hybridized carbons (Fsp3) is 0.562. The van der Waals surface area contributed by atoms with Gasteiger partial charge in [-0.15, -0.1) is 0 Å². The molecule has 21 heavy (non-hydrogen) atoms. The van der Waals surface area contributed by atoms with Crippen LogP contribution in [0.2, 0.25) is 0 Å². The fourth-order valence-electron chi connectivity index (χ4n) is 2.62. The molecule has 1 amide bonds. The van der Waals surface area contributed by atoms with Gasteiger partial charge in [0.05, 0.1) is 6.54 Å². The van der Waals surface area contributed by atoms with E-state index in [-0.39, 0.29) is 17.8 Å². The molecule has 0 aliphatic carbocycles. The Bertz CT molecular complexity index is 484. The zero-order valence-electron chi connectivity index (χ0n) is 13.1. The van der Waals surface area contributed by atoms with Gasteiger partial charge in [-0.05, 0) is 24.6 Å². The molecule has 116 valence electrons. The smallest absolute Gasteiger partial charge is 0.236 e. The maximum atomic E-state index is 13.3. The molecule has 4 nitrogen and oxygen atoms in total. The predicted molar refractivity (Wildman–Crippen MR) is 81.5 cm³/mol. The number of rotatable bonds is 4. The summed E-state index contributed by atoms with van der Waals surface area (Å²) in [6.07, 6.45) is 0. The molecule has 0 spiro atoms. The average molecular weight is 293 g/mol. The van der Waals surface area contributed by atoms with E-state index in [0.717, 1.165) is 31.7 Å². The van der Waals surface area contributed by atoms with Crippen LogP contribution in [-0.2, 0) is 4.79 Å². The van der Waals surface area contributed by atoms with Gasteiger partial charge in [0.2, 0.25) is 5.91 Å². The van der Waals surface area contributed by atoms with Crippen molar-refractivity contribution < 1.29 is 9.18 Å². The van der Waals surface area contributed by atoms with Crippen LogP contribution in [0.1, 0.15) is 18.5 Å². The van der Waals surface area contributed by atoms with E-state index in [1.165, 1.54) is 6.07 Å². The van der Waals surface area contributed by atoms with Crippen molar-refractivity contribution in [2.75, 3.05) is 46.8 Å². The minimum absolute atomic E-state index is 0.140. The summed E-state index contributed by atoms with van der Waals surface area (Å²) in [6, 6.07) is 7.00. The second kappa shape index (κ2) is 7.00. The molecular weight excluding hydrogens is 269 g/mol. The van der Waals surface area contributed by atoms with Gasteiger partial charge in [0, 0.05) is 46.3 Å². The molecule has 0 unspecified atom stereocenters. The van der Waals surface area contributed by atoms with E-state index in [4.69, 9.17) is 0 Å². The zero-order valence-corrected chi connectivity index (χ0v) is 13.1. The molecule has 0 radical (unpaired) electrons. The van der Waals surface area contributed by atoms with Crippen molar-refractivity contribution in [2.45, 2.75) is 13.0 Å². The number of amides is 1. The maximum Gasteiger partial charge on any atom is 0.236 e. The van der Waals surface area contributed by atoms with Crippen LogP contribution in [0.15, 0.2) is 24.3 Å². The summed E-state index contributed by atoms with van der Waals surface area (Å²) < 4.78 is 13.3. The van der Waals surface area contributed by atoms with Crippen molar-refractivity contribution in [1.82, 2.24) is 14.7 Å². The van der Waals surface area contributed by atoms with Crippen molar-refractivity contribution in [3.63, 3.8) is 0 Å². The Balaban J connectivity index is 1.87. The van der Waals surface area contributed by atoms with Gasteiger partial charge in [-0.1, -0.05) is 12.1 Å². The molecule has 1 aliphatic rings. The zero-order chi connectivity index (χ0) is 15.4. The lowest BCUT2D eigenvalue weighted by Gasteiger charge is -2.38. The second-order valence-corrected chi connectivity index (χ2v) is 5.83. The standard InChI is InChI=1S/C16H24FN3O/c1-13(14-5-4-6-15(17)11-14)20-9-7-19(8-10-20)12-16(21)18(2)3/h4-6,11,13H,7-10,12H2,1-3H3/t13-/m1/s1. The van der Waals surface area contributed by atoms with Gasteiger partial charge in [-0.3, -0.25) is 14.6 Å². The van der Waals surface area contributed by atoms with E-state index in [1.54, 1.807) is 31.1 Å². The van der Waals surface area contributed by atoms with Crippen LogP contribution in [0.4, 0.5) is 4.39 Å². The largest absolute Gasteiger partial charge is 0.348 e. The van der Waals surface area contributed by atoms with Crippen LogP contribution >= 0.6 is 0 Å². The maximum absolute atomic E-state index is 13.3. The summed E-state index contributed by atoms with van der Waals surface area (Å²) >= 11 is 0. The summed E-state index contributed by atoms with van der Waals surface area (Å²) in [4.78, 5) is 17.9. The molecule has 1 fully saturated rings. The first-order valence-electron chi connectivity index (χ1n) is 7.39. The van der Waals surface area contributed by atoms with E-state index in [9.17, 15) is 9.18 Å². The first-order chi connectivity index (χ1) is 9.97. The van der Waals surface area contributed by atoms with Crippen molar-refractivity contribution in [3.05, 3.63) is 35.6 Å². The molecule has 1 atom stereocenters. The molecule has 1 aromatic carbocycles. The van der Waals surface area contributed by atoms with Crippen molar-refractivity contribution >= 4 is 5.91 Å². The van der Waals surface area contributed by atoms with Crippen LogP contribution in [-0.4, -0.2) is 67.4 Å². The molecule has 0 aromatic heterocycles. The SMILES string of the molecule is C[C@H](c1cccc(F)c1)N1CCN(CC(=O)N(C)C)CC1. The van der Waals surface area contributed by atoms with Crippen molar-refractivity contribution in [1.29, 1.82) is 0 Å². The van der Waals surface area contributed by atoms with E-state index in [0.29, 0.717) is 6.54 Å². The minimum atomic E-state index is -0.186. The second-order valence-electron chi connectivity index (χ2n) is 5.83. The molecule has 0 N–H and O–H groups in total. The summed E-state index contributed by atoms with van der Waals surface area (Å²) in [5, 5.41) is 0. The Labute approximate surface area is 126 Å². The lowest BCUT2D eigenvalue weighted by molar-refractivity contribution is -0.130. The van der Waals surface area contributed by atoms with E-state index >= 15 is 0 Å². The first-order valence-corrected chi connectivity index (χ1v) is 7.39. The number of hydrogen-bond acceptors (Lipinski definition) is 3. The molecule has 0 bridgehead atoms. The number of piperazine rings is 1. The lowest BCUT2D eigenvalue weighted by atomic mass is 10.1. The number of likely N-dealkylation sites (N-methyl/N-ethyl adjacent to an activating group) is 1. The fourth-order valence-corrected chi connectivity index (χ4v) is 2.62. The van der Waals surface area contributed by atoms with Gasteiger partial charge in [0.15, 0.2) is 0 Å². The number of benzene rings is 1. The highest BCUT2D eigenvalue weighted by atomic mass is 19.1. The molecule has 2 rings (SSSR count). The lowest BCUT2D eigenvalue weighted by Crippen LogP contribution is -2.49. The Morgan fingerprint density at radius 2 is 1.95 bits per heavy atom. The third-order valence-corrected chi connectivity index (χ3v) is 4.14. The third kappa shape index (κ3) is 4.25. The average Bonchev–Trinajstić information content (AvgIpc) is 2.47. The number of carbonyl (C=O) groups excluding carboxylic acids is 1. The third-order valence-electron chi connectivity index (χ3n) is 4.14. The van der Waals surface area contributed by atoms with E-state index < -0.39 is 0 Å². The molecular formula is C16H24FN3O. The summed E-state index contributed by atoms with van der Waals surface area (Å²) in [5.41, 5.74) is 1.01. The van der Waals surface area contributed by atoms with Gasteiger partial charge in [-0.25, -0.2) is 4.39 Å². The Hall–Kier alpha value is -1.46. The van der Waals surface area contributed by atoms with Gasteiger partial charge in [-0.2, -0.15) is 0 Å². The first kappa shape index (κ1) is 15.9. The van der Waals surface area contributed by atoms with Gasteiger partial charge >= 0.3 is 0 Å².